The van der Waals surface area contributed by atoms with Crippen LogP contribution in [0.3, 0.4) is 0 Å². The topological polar surface area (TPSA) is 88.6 Å². The number of nitrogens with one attached hydrogen (secondary N) is 1. The van der Waals surface area contributed by atoms with Gasteiger partial charge in [-0.3, -0.25) is 9.78 Å². The lowest BCUT2D eigenvalue weighted by Gasteiger charge is -2.22. The molecule has 1 aliphatic rings. The molecular formula is C17H21N3O4S. The van der Waals surface area contributed by atoms with Crippen LogP contribution in [-0.4, -0.2) is 55.7 Å². The van der Waals surface area contributed by atoms with Crippen molar-refractivity contribution in [1.29, 1.82) is 0 Å². The minimum Gasteiger partial charge on any atom is -0.377 e. The number of pyridine rings is 1. The van der Waals surface area contributed by atoms with E-state index in [1.54, 1.807) is 12.3 Å². The molecule has 1 atom stereocenters. The standard InChI is InChI=1S/C17H21N3O4S/c1-25(22,23)20(11-14-7-4-10-24-14)12-16(21)19-15-8-2-5-13-6-3-9-18-17(13)15/h2-3,5-6,8-9,14H,4,7,10-12H2,1H3,(H,19,21). The molecule has 1 amide bonds. The van der Waals surface area contributed by atoms with Crippen LogP contribution >= 0.6 is 0 Å². The van der Waals surface area contributed by atoms with Crippen molar-refractivity contribution in [3.05, 3.63) is 36.5 Å². The van der Waals surface area contributed by atoms with Gasteiger partial charge in [0.15, 0.2) is 0 Å². The molecule has 1 unspecified atom stereocenters. The summed E-state index contributed by atoms with van der Waals surface area (Å²) in [6, 6.07) is 9.19. The molecule has 0 aliphatic carbocycles. The first-order chi connectivity index (χ1) is 11.9. The number of hydrogen-bond donors (Lipinski definition) is 1. The van der Waals surface area contributed by atoms with E-state index in [9.17, 15) is 13.2 Å². The fourth-order valence-electron chi connectivity index (χ4n) is 2.89. The highest BCUT2D eigenvalue weighted by atomic mass is 32.2. The molecule has 0 spiro atoms. The SMILES string of the molecule is CS(=O)(=O)N(CC(=O)Nc1cccc2cccnc12)CC1CCCO1. The zero-order valence-corrected chi connectivity index (χ0v) is 14.8. The van der Waals surface area contributed by atoms with Crippen LogP contribution in [0.2, 0.25) is 0 Å². The second kappa shape index (κ2) is 7.47. The highest BCUT2D eigenvalue weighted by Crippen LogP contribution is 2.21. The van der Waals surface area contributed by atoms with E-state index >= 15 is 0 Å². The number of aromatic nitrogens is 1. The van der Waals surface area contributed by atoms with E-state index in [-0.39, 0.29) is 19.2 Å². The molecule has 2 heterocycles. The number of carbonyl (C=O) groups is 1. The van der Waals surface area contributed by atoms with Gasteiger partial charge in [-0.05, 0) is 25.0 Å². The Morgan fingerprint density at radius 2 is 2.16 bits per heavy atom. The molecule has 1 N–H and O–H groups in total. The monoisotopic (exact) mass is 363 g/mol. The highest BCUT2D eigenvalue weighted by molar-refractivity contribution is 7.88. The zero-order chi connectivity index (χ0) is 17.9. The number of anilines is 1. The average molecular weight is 363 g/mol. The molecule has 1 saturated heterocycles. The number of amides is 1. The second-order valence-electron chi connectivity index (χ2n) is 6.12. The molecule has 25 heavy (non-hydrogen) atoms. The van der Waals surface area contributed by atoms with E-state index in [1.165, 1.54) is 0 Å². The lowest BCUT2D eigenvalue weighted by Crippen LogP contribution is -2.41. The zero-order valence-electron chi connectivity index (χ0n) is 14.0. The van der Waals surface area contributed by atoms with Gasteiger partial charge in [-0.25, -0.2) is 8.42 Å². The van der Waals surface area contributed by atoms with E-state index < -0.39 is 15.9 Å². The molecule has 0 bridgehead atoms. The first-order valence-corrected chi connectivity index (χ1v) is 9.98. The number of nitrogens with zero attached hydrogens (tertiary/aromatic N) is 2. The lowest BCUT2D eigenvalue weighted by atomic mass is 10.2. The van der Waals surface area contributed by atoms with Gasteiger partial charge in [0.25, 0.3) is 0 Å². The Balaban J connectivity index is 1.72. The number of rotatable bonds is 6. The van der Waals surface area contributed by atoms with Crippen LogP contribution in [0.5, 0.6) is 0 Å². The number of para-hydroxylation sites is 1. The fourth-order valence-corrected chi connectivity index (χ4v) is 3.68. The molecule has 1 aliphatic heterocycles. The average Bonchev–Trinajstić information content (AvgIpc) is 3.07. The molecule has 1 aromatic carbocycles. The summed E-state index contributed by atoms with van der Waals surface area (Å²) in [5.74, 6) is -0.401. The summed E-state index contributed by atoms with van der Waals surface area (Å²) in [7, 11) is -3.51. The second-order valence-corrected chi connectivity index (χ2v) is 8.10. The van der Waals surface area contributed by atoms with Gasteiger partial charge in [-0.1, -0.05) is 18.2 Å². The Kier molecular flexibility index (Phi) is 5.31. The molecule has 7 nitrogen and oxygen atoms in total. The van der Waals surface area contributed by atoms with Crippen molar-refractivity contribution < 1.29 is 17.9 Å². The quantitative estimate of drug-likeness (QED) is 0.842. The maximum Gasteiger partial charge on any atom is 0.239 e. The Hall–Kier alpha value is -2.03. The minimum atomic E-state index is -3.51. The van der Waals surface area contributed by atoms with Crippen LogP contribution in [0, 0.1) is 0 Å². The predicted molar refractivity (Wildman–Crippen MR) is 95.8 cm³/mol. The van der Waals surface area contributed by atoms with Gasteiger partial charge in [0.2, 0.25) is 15.9 Å². The van der Waals surface area contributed by atoms with Gasteiger partial charge in [-0.2, -0.15) is 4.31 Å². The highest BCUT2D eigenvalue weighted by Gasteiger charge is 2.26. The third-order valence-corrected chi connectivity index (χ3v) is 5.34. The normalized spacial score (nSPS) is 17.9. The van der Waals surface area contributed by atoms with Crippen molar-refractivity contribution in [1.82, 2.24) is 9.29 Å². The van der Waals surface area contributed by atoms with E-state index in [4.69, 9.17) is 4.74 Å². The van der Waals surface area contributed by atoms with Crippen molar-refractivity contribution in [3.63, 3.8) is 0 Å². The molecule has 1 aromatic heterocycles. The van der Waals surface area contributed by atoms with Gasteiger partial charge in [0, 0.05) is 24.7 Å². The third kappa shape index (κ3) is 4.53. The Labute approximate surface area is 147 Å². The summed E-state index contributed by atoms with van der Waals surface area (Å²) in [5, 5.41) is 3.67. The Bertz CT molecular complexity index is 858. The van der Waals surface area contributed by atoms with Crippen LogP contribution in [0.4, 0.5) is 5.69 Å². The van der Waals surface area contributed by atoms with Crippen molar-refractivity contribution in [2.24, 2.45) is 0 Å². The number of sulfonamides is 1. The van der Waals surface area contributed by atoms with Crippen LogP contribution in [0.25, 0.3) is 10.9 Å². The number of carbonyl (C=O) groups excluding carboxylic acids is 1. The minimum absolute atomic E-state index is 0.151. The maximum absolute atomic E-state index is 12.4. The number of benzene rings is 1. The number of fused-ring (bicyclic) bond motifs is 1. The van der Waals surface area contributed by atoms with Crippen molar-refractivity contribution in [2.45, 2.75) is 18.9 Å². The molecule has 8 heteroatoms. The van der Waals surface area contributed by atoms with Gasteiger partial charge in [-0.15, -0.1) is 0 Å². The van der Waals surface area contributed by atoms with E-state index in [1.807, 2.05) is 24.3 Å². The summed E-state index contributed by atoms with van der Waals surface area (Å²) in [6.45, 7) is 0.581. The lowest BCUT2D eigenvalue weighted by molar-refractivity contribution is -0.116. The summed E-state index contributed by atoms with van der Waals surface area (Å²) in [6.07, 6.45) is 4.32. The molecule has 1 fully saturated rings. The maximum atomic E-state index is 12.4. The smallest absolute Gasteiger partial charge is 0.239 e. The summed E-state index contributed by atoms with van der Waals surface area (Å²) in [4.78, 5) is 16.7. The summed E-state index contributed by atoms with van der Waals surface area (Å²) < 4.78 is 30.6. The third-order valence-electron chi connectivity index (χ3n) is 4.13. The first-order valence-electron chi connectivity index (χ1n) is 8.14. The van der Waals surface area contributed by atoms with Gasteiger partial charge < -0.3 is 10.1 Å². The van der Waals surface area contributed by atoms with Gasteiger partial charge in [0.1, 0.15) is 0 Å². The number of ether oxygens (including phenoxy) is 1. The molecular weight excluding hydrogens is 342 g/mol. The van der Waals surface area contributed by atoms with Crippen molar-refractivity contribution in [2.75, 3.05) is 31.3 Å². The summed E-state index contributed by atoms with van der Waals surface area (Å²) >= 11 is 0. The summed E-state index contributed by atoms with van der Waals surface area (Å²) in [5.41, 5.74) is 1.23. The van der Waals surface area contributed by atoms with Crippen LogP contribution in [0.15, 0.2) is 36.5 Å². The van der Waals surface area contributed by atoms with E-state index in [0.29, 0.717) is 17.8 Å². The van der Waals surface area contributed by atoms with Crippen molar-refractivity contribution >= 4 is 32.5 Å². The molecule has 134 valence electrons. The van der Waals surface area contributed by atoms with Crippen LogP contribution < -0.4 is 5.32 Å². The predicted octanol–water partition coefficient (Wildman–Crippen LogP) is 1.61. The molecule has 3 rings (SSSR count). The Morgan fingerprint density at radius 1 is 1.36 bits per heavy atom. The van der Waals surface area contributed by atoms with Crippen LogP contribution in [-0.2, 0) is 19.6 Å². The fraction of sp³-hybridized carbons (Fsp3) is 0.412. The molecule has 0 radical (unpaired) electrons. The Morgan fingerprint density at radius 3 is 2.88 bits per heavy atom. The number of hydrogen-bond acceptors (Lipinski definition) is 5. The van der Waals surface area contributed by atoms with E-state index in [2.05, 4.69) is 10.3 Å². The molecule has 2 aromatic rings. The first kappa shape index (κ1) is 17.8. The molecule has 0 saturated carbocycles. The van der Waals surface area contributed by atoms with Gasteiger partial charge >= 0.3 is 0 Å². The van der Waals surface area contributed by atoms with Crippen molar-refractivity contribution in [3.8, 4) is 0 Å². The van der Waals surface area contributed by atoms with E-state index in [0.717, 1.165) is 28.8 Å². The largest absolute Gasteiger partial charge is 0.377 e. The van der Waals surface area contributed by atoms with Gasteiger partial charge in [0.05, 0.1) is 30.1 Å². The van der Waals surface area contributed by atoms with Crippen LogP contribution in [0.1, 0.15) is 12.8 Å².